The molecule has 5 aromatic rings. The highest BCUT2D eigenvalue weighted by molar-refractivity contribution is 7.12. The zero-order valence-electron chi connectivity index (χ0n) is 18.0. The van der Waals surface area contributed by atoms with Gasteiger partial charge in [-0.25, -0.2) is 9.97 Å². The molecule has 1 N–H and O–H groups in total. The molecule has 0 saturated carbocycles. The quantitative estimate of drug-likeness (QED) is 0.422. The Morgan fingerprint density at radius 3 is 2.72 bits per heavy atom. The maximum atomic E-state index is 13.4. The van der Waals surface area contributed by atoms with Gasteiger partial charge in [0, 0.05) is 33.6 Å². The number of aromatic nitrogens is 5. The number of nitrogens with one attached hydrogen (secondary N) is 1. The summed E-state index contributed by atoms with van der Waals surface area (Å²) in [6.45, 7) is 5.90. The molecule has 0 aliphatic carbocycles. The number of fused-ring (bicyclic) bond motifs is 1. The summed E-state index contributed by atoms with van der Waals surface area (Å²) >= 11 is 1.69. The molecular formula is C23H20N6O2S. The van der Waals surface area contributed by atoms with Gasteiger partial charge < -0.3 is 9.84 Å². The van der Waals surface area contributed by atoms with Crippen LogP contribution in [0.2, 0.25) is 0 Å². The highest BCUT2D eigenvalue weighted by Crippen LogP contribution is 2.33. The standard InChI is InChI=1S/C23H20N6O2S/c1-12-8-17(14(3)32-12)19-10-18(20-13(2)28-31-23(20)26-19)22(30)25-16-7-5-6-15(9-16)21-24-11-29(4)27-21/h5-11H,1-4H3,(H,25,30). The smallest absolute Gasteiger partial charge is 0.259 e. The van der Waals surface area contributed by atoms with E-state index in [-0.39, 0.29) is 5.91 Å². The maximum Gasteiger partial charge on any atom is 0.259 e. The van der Waals surface area contributed by atoms with Crippen molar-refractivity contribution in [2.24, 2.45) is 7.05 Å². The monoisotopic (exact) mass is 444 g/mol. The fourth-order valence-electron chi connectivity index (χ4n) is 3.70. The molecule has 0 aliphatic rings. The zero-order valence-corrected chi connectivity index (χ0v) is 18.8. The number of nitrogens with zero attached hydrogens (tertiary/aromatic N) is 5. The van der Waals surface area contributed by atoms with Crippen molar-refractivity contribution >= 4 is 34.0 Å². The fraction of sp³-hybridized carbons (Fsp3) is 0.174. The molecule has 0 fully saturated rings. The number of hydrogen-bond acceptors (Lipinski definition) is 7. The SMILES string of the molecule is Cc1cc(-c2cc(C(=O)Nc3cccc(-c4ncn(C)n4)c3)c3c(C)noc3n2)c(C)s1. The number of hydrogen-bond donors (Lipinski definition) is 1. The highest BCUT2D eigenvalue weighted by Gasteiger charge is 2.21. The molecule has 0 atom stereocenters. The Labute approximate surface area is 187 Å². The lowest BCUT2D eigenvalue weighted by atomic mass is 10.1. The minimum absolute atomic E-state index is 0.263. The third kappa shape index (κ3) is 3.56. The van der Waals surface area contributed by atoms with E-state index in [2.05, 4.69) is 38.5 Å². The number of carbonyl (C=O) groups excluding carboxylic acids is 1. The summed E-state index contributed by atoms with van der Waals surface area (Å²) in [6.07, 6.45) is 1.64. The van der Waals surface area contributed by atoms with Crippen molar-refractivity contribution in [1.29, 1.82) is 0 Å². The number of amides is 1. The van der Waals surface area contributed by atoms with Gasteiger partial charge in [0.15, 0.2) is 5.82 Å². The van der Waals surface area contributed by atoms with Crippen LogP contribution in [0.3, 0.4) is 0 Å². The molecule has 5 rings (SSSR count). The average molecular weight is 445 g/mol. The molecule has 0 aliphatic heterocycles. The molecule has 4 heterocycles. The molecule has 0 radical (unpaired) electrons. The van der Waals surface area contributed by atoms with Crippen LogP contribution in [0.4, 0.5) is 5.69 Å². The summed E-state index contributed by atoms with van der Waals surface area (Å²) in [5.74, 6) is 0.330. The van der Waals surface area contributed by atoms with Crippen LogP contribution in [0.25, 0.3) is 33.7 Å². The lowest BCUT2D eigenvalue weighted by molar-refractivity contribution is 0.102. The summed E-state index contributed by atoms with van der Waals surface area (Å²) in [5, 5.41) is 12.0. The van der Waals surface area contributed by atoms with Gasteiger partial charge in [0.25, 0.3) is 11.6 Å². The average Bonchev–Trinajstić information content (AvgIpc) is 3.46. The van der Waals surface area contributed by atoms with Gasteiger partial charge in [-0.3, -0.25) is 9.48 Å². The first kappa shape index (κ1) is 20.1. The third-order valence-electron chi connectivity index (χ3n) is 5.16. The lowest BCUT2D eigenvalue weighted by Gasteiger charge is -2.09. The highest BCUT2D eigenvalue weighted by atomic mass is 32.1. The molecule has 1 amide bonds. The van der Waals surface area contributed by atoms with Crippen molar-refractivity contribution in [3.63, 3.8) is 0 Å². The fourth-order valence-corrected chi connectivity index (χ4v) is 4.64. The number of anilines is 1. The number of carbonyl (C=O) groups is 1. The first-order valence-electron chi connectivity index (χ1n) is 10.0. The molecule has 1 aromatic carbocycles. The Morgan fingerprint density at radius 1 is 1.16 bits per heavy atom. The largest absolute Gasteiger partial charge is 0.335 e. The number of thiophene rings is 1. The molecule has 0 unspecified atom stereocenters. The van der Waals surface area contributed by atoms with Crippen molar-refractivity contribution < 1.29 is 9.32 Å². The zero-order chi connectivity index (χ0) is 22.4. The van der Waals surface area contributed by atoms with E-state index >= 15 is 0 Å². The van der Waals surface area contributed by atoms with Crippen LogP contribution in [0.1, 0.15) is 25.8 Å². The van der Waals surface area contributed by atoms with Crippen LogP contribution >= 0.6 is 11.3 Å². The van der Waals surface area contributed by atoms with Crippen LogP contribution in [-0.2, 0) is 7.05 Å². The van der Waals surface area contributed by atoms with Crippen molar-refractivity contribution in [1.82, 2.24) is 24.9 Å². The van der Waals surface area contributed by atoms with Crippen molar-refractivity contribution in [2.45, 2.75) is 20.8 Å². The molecule has 0 saturated heterocycles. The molecule has 8 nitrogen and oxygen atoms in total. The van der Waals surface area contributed by atoms with E-state index in [1.165, 1.54) is 4.88 Å². The summed E-state index contributed by atoms with van der Waals surface area (Å²) in [5.41, 5.74) is 4.56. The number of pyridine rings is 1. The molecule has 0 spiro atoms. The summed E-state index contributed by atoms with van der Waals surface area (Å²) in [6, 6.07) is 11.3. The van der Waals surface area contributed by atoms with Crippen molar-refractivity contribution in [3.05, 3.63) is 63.7 Å². The predicted octanol–water partition coefficient (Wildman–Crippen LogP) is 4.92. The van der Waals surface area contributed by atoms with Gasteiger partial charge in [-0.15, -0.1) is 11.3 Å². The second-order valence-electron chi connectivity index (χ2n) is 7.61. The van der Waals surface area contributed by atoms with Crippen LogP contribution in [0.5, 0.6) is 0 Å². The molecule has 4 aromatic heterocycles. The summed E-state index contributed by atoms with van der Waals surface area (Å²) < 4.78 is 7.06. The van der Waals surface area contributed by atoms with Crippen LogP contribution < -0.4 is 5.32 Å². The lowest BCUT2D eigenvalue weighted by Crippen LogP contribution is -2.13. The van der Waals surface area contributed by atoms with Gasteiger partial charge in [0.1, 0.15) is 6.33 Å². The topological polar surface area (TPSA) is 98.7 Å². The van der Waals surface area contributed by atoms with Gasteiger partial charge in [0.05, 0.1) is 22.3 Å². The van der Waals surface area contributed by atoms with Gasteiger partial charge in [0.2, 0.25) is 0 Å². The van der Waals surface area contributed by atoms with Gasteiger partial charge in [-0.1, -0.05) is 17.3 Å². The van der Waals surface area contributed by atoms with E-state index in [4.69, 9.17) is 4.52 Å². The molecule has 0 bridgehead atoms. The Kier molecular flexibility index (Phi) is 4.82. The Balaban J connectivity index is 1.55. The summed E-state index contributed by atoms with van der Waals surface area (Å²) in [7, 11) is 1.81. The number of rotatable bonds is 4. The van der Waals surface area contributed by atoms with E-state index in [1.807, 2.05) is 38.2 Å². The minimum atomic E-state index is -0.263. The Hall–Kier alpha value is -3.85. The second-order valence-corrected chi connectivity index (χ2v) is 9.07. The van der Waals surface area contributed by atoms with Crippen LogP contribution in [0, 0.1) is 20.8 Å². The maximum absolute atomic E-state index is 13.4. The van der Waals surface area contributed by atoms with Crippen LogP contribution in [-0.4, -0.2) is 30.8 Å². The predicted molar refractivity (Wildman–Crippen MR) is 124 cm³/mol. The van der Waals surface area contributed by atoms with Gasteiger partial charge in [-0.2, -0.15) is 5.10 Å². The first-order chi connectivity index (χ1) is 15.4. The molecular weight excluding hydrogens is 424 g/mol. The third-order valence-corrected chi connectivity index (χ3v) is 6.12. The van der Waals surface area contributed by atoms with Gasteiger partial charge >= 0.3 is 0 Å². The van der Waals surface area contributed by atoms with E-state index in [9.17, 15) is 4.79 Å². The Morgan fingerprint density at radius 2 is 2.00 bits per heavy atom. The second kappa shape index (κ2) is 7.69. The number of aryl methyl sites for hydroxylation is 4. The van der Waals surface area contributed by atoms with E-state index in [0.717, 1.165) is 16.0 Å². The van der Waals surface area contributed by atoms with E-state index in [1.54, 1.807) is 35.3 Å². The van der Waals surface area contributed by atoms with Gasteiger partial charge in [-0.05, 0) is 45.0 Å². The summed E-state index contributed by atoms with van der Waals surface area (Å²) in [4.78, 5) is 24.6. The minimum Gasteiger partial charge on any atom is -0.335 e. The normalized spacial score (nSPS) is 11.2. The van der Waals surface area contributed by atoms with Crippen LogP contribution in [0.15, 0.2) is 47.2 Å². The van der Waals surface area contributed by atoms with Crippen molar-refractivity contribution in [3.8, 4) is 22.6 Å². The molecule has 9 heteroatoms. The van der Waals surface area contributed by atoms with E-state index in [0.29, 0.717) is 39.6 Å². The Bertz CT molecular complexity index is 1480. The van der Waals surface area contributed by atoms with Crippen molar-refractivity contribution in [2.75, 3.05) is 5.32 Å². The first-order valence-corrected chi connectivity index (χ1v) is 10.8. The molecule has 32 heavy (non-hydrogen) atoms. The number of benzene rings is 1. The molecule has 160 valence electrons. The van der Waals surface area contributed by atoms with E-state index < -0.39 is 0 Å².